The van der Waals surface area contributed by atoms with Crippen LogP contribution in [0.1, 0.15) is 33.6 Å². The Labute approximate surface area is 86.1 Å². The van der Waals surface area contributed by atoms with E-state index in [-0.39, 0.29) is 5.91 Å². The van der Waals surface area contributed by atoms with Crippen LogP contribution in [-0.4, -0.2) is 36.2 Å². The summed E-state index contributed by atoms with van der Waals surface area (Å²) in [6.07, 6.45) is 1.60. The van der Waals surface area contributed by atoms with Gasteiger partial charge in [-0.1, -0.05) is 6.92 Å². The first-order valence-corrected chi connectivity index (χ1v) is 5.15. The molecule has 0 aliphatic heterocycles. The van der Waals surface area contributed by atoms with Gasteiger partial charge in [0.25, 0.3) is 0 Å². The van der Waals surface area contributed by atoms with Gasteiger partial charge in [0.1, 0.15) is 0 Å². The number of hydrogen-bond acceptors (Lipinski definition) is 3. The fraction of sp³-hybridized carbons (Fsp3) is 0.900. The van der Waals surface area contributed by atoms with Crippen molar-refractivity contribution in [3.05, 3.63) is 0 Å². The molecule has 0 aliphatic carbocycles. The molecule has 14 heavy (non-hydrogen) atoms. The molecule has 0 aliphatic rings. The van der Waals surface area contributed by atoms with Crippen LogP contribution in [0, 0.1) is 0 Å². The number of rotatable bonds is 7. The lowest BCUT2D eigenvalue weighted by Gasteiger charge is -2.16. The number of aliphatic hydroxyl groups is 1. The van der Waals surface area contributed by atoms with Crippen LogP contribution in [0.3, 0.4) is 0 Å². The largest absolute Gasteiger partial charge is 0.390 e. The molecule has 0 heterocycles. The molecule has 0 aromatic heterocycles. The maximum Gasteiger partial charge on any atom is 0.233 e. The molecule has 0 fully saturated rings. The van der Waals surface area contributed by atoms with Crippen molar-refractivity contribution in [3.63, 3.8) is 0 Å². The van der Waals surface area contributed by atoms with E-state index in [2.05, 4.69) is 10.6 Å². The van der Waals surface area contributed by atoms with E-state index in [0.717, 1.165) is 13.0 Å². The molecule has 4 nitrogen and oxygen atoms in total. The normalized spacial score (nSPS) is 11.4. The van der Waals surface area contributed by atoms with Crippen molar-refractivity contribution in [2.75, 3.05) is 19.6 Å². The summed E-state index contributed by atoms with van der Waals surface area (Å²) in [6.45, 7) is 7.24. The summed E-state index contributed by atoms with van der Waals surface area (Å²) in [4.78, 5) is 11.1. The van der Waals surface area contributed by atoms with E-state index in [1.165, 1.54) is 0 Å². The topological polar surface area (TPSA) is 61.4 Å². The Bertz CT molecular complexity index is 164. The standard InChI is InChI=1S/C10H22N2O2/c1-4-6-12-9(13)8-11-7-5-10(2,3)14/h11,14H,4-8H2,1-3H3,(H,12,13). The van der Waals surface area contributed by atoms with Crippen molar-refractivity contribution < 1.29 is 9.90 Å². The summed E-state index contributed by atoms with van der Waals surface area (Å²) in [7, 11) is 0. The molecule has 0 bridgehead atoms. The van der Waals surface area contributed by atoms with Gasteiger partial charge >= 0.3 is 0 Å². The minimum Gasteiger partial charge on any atom is -0.390 e. The van der Waals surface area contributed by atoms with Crippen molar-refractivity contribution in [1.29, 1.82) is 0 Å². The van der Waals surface area contributed by atoms with E-state index in [1.54, 1.807) is 13.8 Å². The molecule has 0 radical (unpaired) electrons. The fourth-order valence-electron chi connectivity index (χ4n) is 0.923. The highest BCUT2D eigenvalue weighted by atomic mass is 16.3. The van der Waals surface area contributed by atoms with Gasteiger partial charge in [-0.3, -0.25) is 4.79 Å². The third-order valence-electron chi connectivity index (χ3n) is 1.77. The highest BCUT2D eigenvalue weighted by molar-refractivity contribution is 5.77. The SMILES string of the molecule is CCCNC(=O)CNCCC(C)(C)O. The molecular weight excluding hydrogens is 180 g/mol. The minimum atomic E-state index is -0.660. The molecule has 0 saturated carbocycles. The maximum atomic E-state index is 11.1. The molecule has 4 heteroatoms. The Morgan fingerprint density at radius 1 is 1.36 bits per heavy atom. The second-order valence-electron chi connectivity index (χ2n) is 4.09. The first kappa shape index (κ1) is 13.4. The third kappa shape index (κ3) is 9.48. The summed E-state index contributed by atoms with van der Waals surface area (Å²) in [5.41, 5.74) is -0.660. The Morgan fingerprint density at radius 3 is 2.50 bits per heavy atom. The number of nitrogens with one attached hydrogen (secondary N) is 2. The summed E-state index contributed by atoms with van der Waals surface area (Å²) < 4.78 is 0. The van der Waals surface area contributed by atoms with Gasteiger partial charge in [0.2, 0.25) is 5.91 Å². The lowest BCUT2D eigenvalue weighted by molar-refractivity contribution is -0.120. The number of hydrogen-bond donors (Lipinski definition) is 3. The van der Waals surface area contributed by atoms with Gasteiger partial charge in [0.15, 0.2) is 0 Å². The van der Waals surface area contributed by atoms with Crippen LogP contribution in [0.2, 0.25) is 0 Å². The Balaban J connectivity index is 3.32. The maximum absolute atomic E-state index is 11.1. The van der Waals surface area contributed by atoms with Crippen LogP contribution < -0.4 is 10.6 Å². The average molecular weight is 202 g/mol. The zero-order chi connectivity index (χ0) is 11.0. The lowest BCUT2D eigenvalue weighted by Crippen LogP contribution is -2.36. The monoisotopic (exact) mass is 202 g/mol. The molecule has 0 spiro atoms. The number of carbonyl (C=O) groups is 1. The van der Waals surface area contributed by atoms with E-state index >= 15 is 0 Å². The molecule has 0 rings (SSSR count). The van der Waals surface area contributed by atoms with Crippen LogP contribution in [0.5, 0.6) is 0 Å². The van der Waals surface area contributed by atoms with Crippen LogP contribution in [-0.2, 0) is 4.79 Å². The molecule has 3 N–H and O–H groups in total. The van der Waals surface area contributed by atoms with Gasteiger partial charge in [0, 0.05) is 6.54 Å². The van der Waals surface area contributed by atoms with Gasteiger partial charge in [-0.05, 0) is 33.2 Å². The molecule has 0 unspecified atom stereocenters. The van der Waals surface area contributed by atoms with E-state index in [9.17, 15) is 9.90 Å². The summed E-state index contributed by atoms with van der Waals surface area (Å²) in [6, 6.07) is 0. The predicted octanol–water partition coefficient (Wildman–Crippen LogP) is 0.263. The van der Waals surface area contributed by atoms with E-state index in [4.69, 9.17) is 0 Å². The number of carbonyl (C=O) groups excluding carboxylic acids is 1. The lowest BCUT2D eigenvalue weighted by atomic mass is 10.1. The third-order valence-corrected chi connectivity index (χ3v) is 1.77. The summed E-state index contributed by atoms with van der Waals surface area (Å²) in [5, 5.41) is 15.1. The van der Waals surface area contributed by atoms with Gasteiger partial charge in [0.05, 0.1) is 12.1 Å². The van der Waals surface area contributed by atoms with Gasteiger partial charge in [-0.2, -0.15) is 0 Å². The summed E-state index contributed by atoms with van der Waals surface area (Å²) in [5.74, 6) is 0.0163. The molecule has 0 atom stereocenters. The molecule has 0 aromatic rings. The van der Waals surface area contributed by atoms with Crippen molar-refractivity contribution in [2.24, 2.45) is 0 Å². The van der Waals surface area contributed by atoms with Gasteiger partial charge in [-0.25, -0.2) is 0 Å². The highest BCUT2D eigenvalue weighted by Crippen LogP contribution is 2.04. The second-order valence-corrected chi connectivity index (χ2v) is 4.09. The average Bonchev–Trinajstić information content (AvgIpc) is 2.07. The smallest absolute Gasteiger partial charge is 0.233 e. The Kier molecular flexibility index (Phi) is 6.49. The first-order valence-electron chi connectivity index (χ1n) is 5.15. The van der Waals surface area contributed by atoms with Crippen LogP contribution >= 0.6 is 0 Å². The van der Waals surface area contributed by atoms with Gasteiger partial charge in [-0.15, -0.1) is 0 Å². The zero-order valence-electron chi connectivity index (χ0n) is 9.39. The fourth-order valence-corrected chi connectivity index (χ4v) is 0.923. The predicted molar refractivity (Wildman–Crippen MR) is 57.1 cm³/mol. The van der Waals surface area contributed by atoms with E-state index < -0.39 is 5.60 Å². The van der Waals surface area contributed by atoms with Crippen molar-refractivity contribution in [1.82, 2.24) is 10.6 Å². The minimum absolute atomic E-state index is 0.0163. The summed E-state index contributed by atoms with van der Waals surface area (Å²) >= 11 is 0. The van der Waals surface area contributed by atoms with Crippen molar-refractivity contribution >= 4 is 5.91 Å². The Hall–Kier alpha value is -0.610. The van der Waals surface area contributed by atoms with Crippen LogP contribution in [0.15, 0.2) is 0 Å². The van der Waals surface area contributed by atoms with E-state index in [1.807, 2.05) is 6.92 Å². The molecule has 0 saturated heterocycles. The van der Waals surface area contributed by atoms with Crippen LogP contribution in [0.25, 0.3) is 0 Å². The van der Waals surface area contributed by atoms with Crippen molar-refractivity contribution in [2.45, 2.75) is 39.2 Å². The molecule has 84 valence electrons. The second kappa shape index (κ2) is 6.79. The van der Waals surface area contributed by atoms with Crippen molar-refractivity contribution in [3.8, 4) is 0 Å². The van der Waals surface area contributed by atoms with Gasteiger partial charge < -0.3 is 15.7 Å². The first-order chi connectivity index (χ1) is 6.45. The zero-order valence-corrected chi connectivity index (χ0v) is 9.39. The number of amides is 1. The molecular formula is C10H22N2O2. The van der Waals surface area contributed by atoms with Crippen LogP contribution in [0.4, 0.5) is 0 Å². The quantitative estimate of drug-likeness (QED) is 0.519. The van der Waals surface area contributed by atoms with E-state index in [0.29, 0.717) is 19.5 Å². The molecule has 0 aromatic carbocycles. The highest BCUT2D eigenvalue weighted by Gasteiger charge is 2.11. The Morgan fingerprint density at radius 2 is 2.00 bits per heavy atom. The molecule has 1 amide bonds.